The molecule has 1 fully saturated rings. The summed E-state index contributed by atoms with van der Waals surface area (Å²) < 4.78 is 26.0. The Hall–Kier alpha value is -1.81. The van der Waals surface area contributed by atoms with Crippen LogP contribution in [0.1, 0.15) is 27.8 Å². The van der Waals surface area contributed by atoms with Gasteiger partial charge in [-0.15, -0.1) is 0 Å². The van der Waals surface area contributed by atoms with Crippen molar-refractivity contribution >= 4 is 45.3 Å². The number of carbonyl (C=O) groups excluding carboxylic acids is 2. The van der Waals surface area contributed by atoms with Gasteiger partial charge in [-0.05, 0) is 13.0 Å². The summed E-state index contributed by atoms with van der Waals surface area (Å²) in [5.41, 5.74) is 0.792. The zero-order valence-electron chi connectivity index (χ0n) is 13.7. The molecular weight excluding hydrogens is 370 g/mol. The number of ketones is 1. The first-order valence-electron chi connectivity index (χ1n) is 7.52. The van der Waals surface area contributed by atoms with Crippen molar-refractivity contribution in [2.75, 3.05) is 36.6 Å². The molecule has 2 aromatic rings. The highest BCUT2D eigenvalue weighted by atomic mass is 35.5. The quantitative estimate of drug-likeness (QED) is 0.616. The fourth-order valence-electron chi connectivity index (χ4n) is 2.89. The van der Waals surface area contributed by atoms with Crippen LogP contribution < -0.4 is 4.90 Å². The molecule has 0 atom stereocenters. The predicted octanol–water partition coefficient (Wildman–Crippen LogP) is 2.55. The van der Waals surface area contributed by atoms with E-state index in [-0.39, 0.29) is 28.0 Å². The summed E-state index contributed by atoms with van der Waals surface area (Å²) in [6.07, 6.45) is 1.42. The smallest absolute Gasteiger partial charge is 0.358 e. The Kier molecular flexibility index (Phi) is 4.67. The van der Waals surface area contributed by atoms with Gasteiger partial charge >= 0.3 is 5.97 Å². The lowest BCUT2D eigenvalue weighted by molar-refractivity contribution is 0.0597. The third kappa shape index (κ3) is 3.20. The third-order valence-electron chi connectivity index (χ3n) is 4.17. The number of ether oxygens (including phenoxy) is 1. The Balaban J connectivity index is 2.20. The highest BCUT2D eigenvalue weighted by Crippen LogP contribution is 2.42. The number of halogens is 1. The van der Waals surface area contributed by atoms with E-state index in [1.807, 2.05) is 4.90 Å². The largest absolute Gasteiger partial charge is 0.464 e. The third-order valence-corrected chi connectivity index (χ3v) is 6.13. The monoisotopic (exact) mass is 387 g/mol. The average molecular weight is 388 g/mol. The number of esters is 1. The molecule has 0 saturated carbocycles. The summed E-state index contributed by atoms with van der Waals surface area (Å²) in [4.78, 5) is 30.0. The number of pyridine rings is 1. The van der Waals surface area contributed by atoms with Crippen molar-refractivity contribution in [3.8, 4) is 0 Å². The molecule has 3 rings (SSSR count). The lowest BCUT2D eigenvalue weighted by Gasteiger charge is -2.42. The van der Waals surface area contributed by atoms with Gasteiger partial charge in [0.05, 0.1) is 29.2 Å². The van der Waals surface area contributed by atoms with Gasteiger partial charge in [0, 0.05) is 13.1 Å². The molecule has 1 aliphatic rings. The van der Waals surface area contributed by atoms with E-state index in [1.54, 1.807) is 4.40 Å². The molecule has 3 heterocycles. The normalized spacial score (nSPS) is 18.2. The lowest BCUT2D eigenvalue weighted by atomic mass is 10.1. The van der Waals surface area contributed by atoms with Crippen LogP contribution in [0.25, 0.3) is 5.52 Å². The zero-order chi connectivity index (χ0) is 18.4. The predicted molar refractivity (Wildman–Crippen MR) is 96.3 cm³/mol. The molecule has 0 spiro atoms. The maximum Gasteiger partial charge on any atom is 0.358 e. The SMILES string of the molecule is COC(=O)c1ncn2c(N3CCS(O)(O)CC3)c(C(C)=O)cc(Cl)c12. The Morgan fingerprint density at radius 1 is 1.32 bits per heavy atom. The summed E-state index contributed by atoms with van der Waals surface area (Å²) in [7, 11) is -1.33. The Morgan fingerprint density at radius 2 is 1.96 bits per heavy atom. The maximum atomic E-state index is 12.1. The van der Waals surface area contributed by atoms with Crippen LogP contribution in [0.15, 0.2) is 12.4 Å². The van der Waals surface area contributed by atoms with Gasteiger partial charge in [-0.2, -0.15) is 10.6 Å². The van der Waals surface area contributed by atoms with E-state index in [4.69, 9.17) is 16.3 Å². The molecule has 0 radical (unpaired) electrons. The zero-order valence-corrected chi connectivity index (χ0v) is 15.3. The fourth-order valence-corrected chi connectivity index (χ4v) is 4.41. The van der Waals surface area contributed by atoms with Crippen molar-refractivity contribution in [2.24, 2.45) is 0 Å². The highest BCUT2D eigenvalue weighted by Gasteiger charge is 2.29. The molecule has 0 amide bonds. The molecule has 8 nitrogen and oxygen atoms in total. The summed E-state index contributed by atoms with van der Waals surface area (Å²) in [6, 6.07) is 1.51. The summed E-state index contributed by atoms with van der Waals surface area (Å²) in [5.74, 6) is 0.146. The van der Waals surface area contributed by atoms with Crippen molar-refractivity contribution in [3.05, 3.63) is 28.7 Å². The first-order valence-corrected chi connectivity index (χ1v) is 9.79. The van der Waals surface area contributed by atoms with Crippen molar-refractivity contribution in [2.45, 2.75) is 6.92 Å². The number of nitrogens with zero attached hydrogens (tertiary/aromatic N) is 3. The minimum absolute atomic E-state index is 0.0603. The minimum Gasteiger partial charge on any atom is -0.464 e. The number of anilines is 1. The Morgan fingerprint density at radius 3 is 2.52 bits per heavy atom. The molecule has 1 saturated heterocycles. The number of fused-ring (bicyclic) bond motifs is 1. The second-order valence-electron chi connectivity index (χ2n) is 5.79. The van der Waals surface area contributed by atoms with E-state index < -0.39 is 16.6 Å². The topological polar surface area (TPSA) is 104 Å². The molecule has 0 unspecified atom stereocenters. The molecule has 2 N–H and O–H groups in total. The van der Waals surface area contributed by atoms with Crippen LogP contribution in [0.4, 0.5) is 5.82 Å². The van der Waals surface area contributed by atoms with Gasteiger partial charge in [-0.1, -0.05) is 11.6 Å². The second-order valence-corrected chi connectivity index (χ2v) is 8.61. The molecule has 0 bridgehead atoms. The van der Waals surface area contributed by atoms with Crippen molar-refractivity contribution in [1.82, 2.24) is 9.38 Å². The maximum absolute atomic E-state index is 12.1. The highest BCUT2D eigenvalue weighted by molar-refractivity contribution is 8.24. The Labute approximate surface area is 150 Å². The molecule has 0 aliphatic carbocycles. The molecule has 136 valence electrons. The summed E-state index contributed by atoms with van der Waals surface area (Å²) >= 11 is 6.29. The molecule has 10 heteroatoms. The van der Waals surface area contributed by atoms with E-state index in [1.165, 1.54) is 26.4 Å². The van der Waals surface area contributed by atoms with Gasteiger partial charge in [0.1, 0.15) is 17.7 Å². The molecule has 25 heavy (non-hydrogen) atoms. The number of aromatic nitrogens is 2. The van der Waals surface area contributed by atoms with Crippen molar-refractivity contribution in [3.63, 3.8) is 0 Å². The van der Waals surface area contributed by atoms with Crippen LogP contribution in [-0.2, 0) is 4.74 Å². The van der Waals surface area contributed by atoms with E-state index in [0.29, 0.717) is 30.0 Å². The number of carbonyl (C=O) groups is 2. The van der Waals surface area contributed by atoms with E-state index in [0.717, 1.165) is 0 Å². The van der Waals surface area contributed by atoms with Crippen molar-refractivity contribution in [1.29, 1.82) is 0 Å². The van der Waals surface area contributed by atoms with Crippen molar-refractivity contribution < 1.29 is 23.4 Å². The van der Waals surface area contributed by atoms with Crippen LogP contribution in [0.2, 0.25) is 5.02 Å². The minimum atomic E-state index is -2.58. The molecule has 2 aromatic heterocycles. The van der Waals surface area contributed by atoms with Crippen LogP contribution in [0, 0.1) is 0 Å². The van der Waals surface area contributed by atoms with Gasteiger partial charge < -0.3 is 9.64 Å². The number of imidazole rings is 1. The molecular formula is C15H18ClN3O5S. The van der Waals surface area contributed by atoms with Gasteiger partial charge in [-0.25, -0.2) is 9.78 Å². The van der Waals surface area contributed by atoms with Gasteiger partial charge in [0.2, 0.25) is 0 Å². The van der Waals surface area contributed by atoms with Gasteiger partial charge in [-0.3, -0.25) is 18.3 Å². The molecule has 0 aromatic carbocycles. The van der Waals surface area contributed by atoms with Crippen LogP contribution in [-0.4, -0.2) is 61.9 Å². The van der Waals surface area contributed by atoms with E-state index in [9.17, 15) is 18.7 Å². The first-order chi connectivity index (χ1) is 11.7. The second kappa shape index (κ2) is 6.49. The fraction of sp³-hybridized carbons (Fsp3) is 0.400. The van der Waals surface area contributed by atoms with Crippen LogP contribution >= 0.6 is 22.2 Å². The number of hydrogen-bond donors (Lipinski definition) is 2. The van der Waals surface area contributed by atoms with E-state index >= 15 is 0 Å². The number of Topliss-reactive ketones (excluding diaryl/α,β-unsaturated/α-hetero) is 1. The van der Waals surface area contributed by atoms with Crippen LogP contribution in [0.5, 0.6) is 0 Å². The summed E-state index contributed by atoms with van der Waals surface area (Å²) in [5, 5.41) is 0.216. The average Bonchev–Trinajstić information content (AvgIpc) is 3.00. The van der Waals surface area contributed by atoms with Gasteiger partial charge in [0.25, 0.3) is 0 Å². The first kappa shape index (κ1) is 18.0. The number of hydrogen-bond acceptors (Lipinski definition) is 7. The summed E-state index contributed by atoms with van der Waals surface area (Å²) in [6.45, 7) is 2.16. The Bertz CT molecular complexity index is 856. The molecule has 1 aliphatic heterocycles. The number of methoxy groups -OCH3 is 1. The van der Waals surface area contributed by atoms with E-state index in [2.05, 4.69) is 4.98 Å². The standard InChI is InChI=1S/C15H18ClN3O5S/c1-9(20)10-7-11(16)13-12(15(21)24-2)17-8-19(13)14(10)18-3-5-25(22,23)6-4-18/h7-8,22-23H,3-6H2,1-2H3. The lowest BCUT2D eigenvalue weighted by Crippen LogP contribution is -2.40. The van der Waals surface area contributed by atoms with Gasteiger partial charge in [0.15, 0.2) is 11.5 Å². The number of rotatable bonds is 3. The van der Waals surface area contributed by atoms with Crippen LogP contribution in [0.3, 0.4) is 0 Å².